The SMILES string of the molecule is C[C@@]12CC[C@H]3[C@@H](CC=C4C[C@H](O)CC[C@]43C)[C@H]1C/C(=C\c1ccc(Cl)cc1)C2=O. The number of halogens is 1. The fourth-order valence-electron chi connectivity index (χ4n) is 7.20. The van der Waals surface area contributed by atoms with Gasteiger partial charge in [0.2, 0.25) is 0 Å². The lowest BCUT2D eigenvalue weighted by atomic mass is 9.48. The van der Waals surface area contributed by atoms with Gasteiger partial charge in [0.25, 0.3) is 0 Å². The Morgan fingerprint density at radius 3 is 2.52 bits per heavy atom. The third-order valence-corrected chi connectivity index (χ3v) is 9.18. The van der Waals surface area contributed by atoms with E-state index in [1.165, 1.54) is 5.57 Å². The van der Waals surface area contributed by atoms with Gasteiger partial charge < -0.3 is 5.11 Å². The van der Waals surface area contributed by atoms with Gasteiger partial charge in [-0.05, 0) is 97.5 Å². The molecule has 154 valence electrons. The molecule has 2 nitrogen and oxygen atoms in total. The molecule has 0 saturated heterocycles. The number of carbonyl (C=O) groups excluding carboxylic acids is 1. The summed E-state index contributed by atoms with van der Waals surface area (Å²) in [6, 6.07) is 7.79. The van der Waals surface area contributed by atoms with Gasteiger partial charge in [-0.15, -0.1) is 0 Å². The minimum absolute atomic E-state index is 0.165. The van der Waals surface area contributed by atoms with Gasteiger partial charge in [0.15, 0.2) is 5.78 Å². The predicted octanol–water partition coefficient (Wildman–Crippen LogP) is 6.23. The molecule has 0 amide bonds. The molecule has 0 aliphatic heterocycles. The van der Waals surface area contributed by atoms with E-state index in [-0.39, 0.29) is 16.9 Å². The molecule has 5 rings (SSSR count). The highest BCUT2D eigenvalue weighted by Crippen LogP contribution is 2.64. The van der Waals surface area contributed by atoms with Crippen molar-refractivity contribution in [3.8, 4) is 0 Å². The van der Waals surface area contributed by atoms with Gasteiger partial charge in [-0.2, -0.15) is 0 Å². The first-order valence-corrected chi connectivity index (χ1v) is 11.6. The Bertz CT molecular complexity index is 898. The normalized spacial score (nSPS) is 42.8. The molecule has 1 N–H and O–H groups in total. The number of hydrogen-bond donors (Lipinski definition) is 1. The van der Waals surface area contributed by atoms with Crippen LogP contribution in [-0.4, -0.2) is 17.0 Å². The standard InChI is InChI=1S/C26H31ClO2/c1-25-11-9-20(28)15-18(25)5-8-21-22(25)10-12-26(2)23(21)14-17(24(26)29)13-16-3-6-19(27)7-4-16/h3-7,13,20-23,28H,8-12,14-15H2,1-2H3/b17-13+/t20-,21-,22+,23-,25-,26-/m1/s1. The van der Waals surface area contributed by atoms with Crippen LogP contribution in [0, 0.1) is 28.6 Å². The zero-order valence-corrected chi connectivity index (χ0v) is 18.2. The van der Waals surface area contributed by atoms with Crippen molar-refractivity contribution in [2.75, 3.05) is 0 Å². The van der Waals surface area contributed by atoms with Gasteiger partial charge in [-0.3, -0.25) is 4.79 Å². The van der Waals surface area contributed by atoms with E-state index in [2.05, 4.69) is 26.0 Å². The monoisotopic (exact) mass is 410 g/mol. The van der Waals surface area contributed by atoms with Crippen LogP contribution in [0.3, 0.4) is 0 Å². The van der Waals surface area contributed by atoms with Gasteiger partial charge in [0, 0.05) is 10.4 Å². The Morgan fingerprint density at radius 2 is 1.76 bits per heavy atom. The highest BCUT2D eigenvalue weighted by Gasteiger charge is 2.59. The maximum Gasteiger partial charge on any atom is 0.165 e. The second kappa shape index (κ2) is 6.82. The average molecular weight is 411 g/mol. The van der Waals surface area contributed by atoms with Crippen molar-refractivity contribution >= 4 is 23.5 Å². The molecule has 0 bridgehead atoms. The van der Waals surface area contributed by atoms with Crippen molar-refractivity contribution in [1.29, 1.82) is 0 Å². The zero-order chi connectivity index (χ0) is 20.4. The van der Waals surface area contributed by atoms with E-state index < -0.39 is 0 Å². The molecule has 0 radical (unpaired) electrons. The fourth-order valence-corrected chi connectivity index (χ4v) is 7.33. The number of rotatable bonds is 1. The van der Waals surface area contributed by atoms with Crippen molar-refractivity contribution in [3.63, 3.8) is 0 Å². The van der Waals surface area contributed by atoms with Crippen LogP contribution in [0.2, 0.25) is 5.02 Å². The second-order valence-corrected chi connectivity index (χ2v) is 10.8. The van der Waals surface area contributed by atoms with Crippen molar-refractivity contribution in [2.45, 2.75) is 64.9 Å². The lowest BCUT2D eigenvalue weighted by molar-refractivity contribution is -0.130. The molecule has 3 fully saturated rings. The number of Topliss-reactive ketones (excluding diaryl/α,β-unsaturated/α-hetero) is 1. The molecule has 4 aliphatic rings. The van der Waals surface area contributed by atoms with Gasteiger partial charge >= 0.3 is 0 Å². The predicted molar refractivity (Wildman–Crippen MR) is 118 cm³/mol. The summed E-state index contributed by atoms with van der Waals surface area (Å²) in [5.41, 5.74) is 3.56. The van der Waals surface area contributed by atoms with Crippen LogP contribution in [-0.2, 0) is 4.79 Å². The van der Waals surface area contributed by atoms with Gasteiger partial charge in [-0.25, -0.2) is 0 Å². The number of allylic oxidation sites excluding steroid dienone is 2. The van der Waals surface area contributed by atoms with E-state index >= 15 is 0 Å². The van der Waals surface area contributed by atoms with E-state index in [9.17, 15) is 9.90 Å². The first-order valence-electron chi connectivity index (χ1n) is 11.2. The number of carbonyl (C=O) groups is 1. The molecule has 3 saturated carbocycles. The minimum Gasteiger partial charge on any atom is -0.393 e. The van der Waals surface area contributed by atoms with Crippen molar-refractivity contribution in [3.05, 3.63) is 52.1 Å². The van der Waals surface area contributed by atoms with Crippen molar-refractivity contribution in [2.24, 2.45) is 28.6 Å². The lowest BCUT2D eigenvalue weighted by Gasteiger charge is -2.56. The summed E-state index contributed by atoms with van der Waals surface area (Å²) in [6.07, 6.45) is 11.3. The first kappa shape index (κ1) is 19.6. The van der Waals surface area contributed by atoms with E-state index in [0.29, 0.717) is 23.5 Å². The van der Waals surface area contributed by atoms with Gasteiger partial charge in [-0.1, -0.05) is 49.2 Å². The van der Waals surface area contributed by atoms with E-state index in [4.69, 9.17) is 11.6 Å². The van der Waals surface area contributed by atoms with Gasteiger partial charge in [0.1, 0.15) is 0 Å². The third kappa shape index (κ3) is 2.98. The first-order chi connectivity index (χ1) is 13.8. The fraction of sp³-hybridized carbons (Fsp3) is 0.577. The van der Waals surface area contributed by atoms with E-state index in [0.717, 1.165) is 61.1 Å². The minimum atomic E-state index is -0.213. The molecule has 29 heavy (non-hydrogen) atoms. The lowest BCUT2D eigenvalue weighted by Crippen LogP contribution is -2.50. The average Bonchev–Trinajstić information content (AvgIpc) is 2.95. The Kier molecular flexibility index (Phi) is 4.60. The molecule has 6 atom stereocenters. The molecule has 3 heteroatoms. The number of aliphatic hydroxyl groups is 1. The molecule has 1 aromatic carbocycles. The molecule has 4 aliphatic carbocycles. The van der Waals surface area contributed by atoms with Crippen molar-refractivity contribution < 1.29 is 9.90 Å². The second-order valence-electron chi connectivity index (χ2n) is 10.4. The van der Waals surface area contributed by atoms with Crippen LogP contribution >= 0.6 is 11.6 Å². The summed E-state index contributed by atoms with van der Waals surface area (Å²) < 4.78 is 0. The summed E-state index contributed by atoms with van der Waals surface area (Å²) in [6.45, 7) is 4.66. The maximum absolute atomic E-state index is 13.5. The number of aliphatic hydroxyl groups excluding tert-OH is 1. The number of ketones is 1. The zero-order valence-electron chi connectivity index (χ0n) is 17.5. The van der Waals surface area contributed by atoms with Crippen LogP contribution in [0.15, 0.2) is 41.5 Å². The topological polar surface area (TPSA) is 37.3 Å². The summed E-state index contributed by atoms with van der Waals surface area (Å²) in [5, 5.41) is 10.9. The Morgan fingerprint density at radius 1 is 1.03 bits per heavy atom. The molecule has 0 unspecified atom stereocenters. The van der Waals surface area contributed by atoms with Crippen LogP contribution in [0.4, 0.5) is 0 Å². The Balaban J connectivity index is 1.47. The van der Waals surface area contributed by atoms with Crippen molar-refractivity contribution in [1.82, 2.24) is 0 Å². The van der Waals surface area contributed by atoms with Crippen LogP contribution in [0.1, 0.15) is 64.4 Å². The molecule has 0 heterocycles. The molecular formula is C26H31ClO2. The summed E-state index contributed by atoms with van der Waals surface area (Å²) >= 11 is 6.02. The van der Waals surface area contributed by atoms with Crippen LogP contribution < -0.4 is 0 Å². The number of fused-ring (bicyclic) bond motifs is 5. The quantitative estimate of drug-likeness (QED) is 0.440. The van der Waals surface area contributed by atoms with E-state index in [1.807, 2.05) is 24.3 Å². The van der Waals surface area contributed by atoms with Crippen LogP contribution in [0.25, 0.3) is 6.08 Å². The van der Waals surface area contributed by atoms with Crippen LogP contribution in [0.5, 0.6) is 0 Å². The molecule has 0 aromatic heterocycles. The third-order valence-electron chi connectivity index (χ3n) is 8.93. The highest BCUT2D eigenvalue weighted by atomic mass is 35.5. The smallest absolute Gasteiger partial charge is 0.165 e. The number of benzene rings is 1. The largest absolute Gasteiger partial charge is 0.393 e. The maximum atomic E-state index is 13.5. The van der Waals surface area contributed by atoms with E-state index in [1.54, 1.807) is 0 Å². The summed E-state index contributed by atoms with van der Waals surface area (Å²) in [7, 11) is 0. The van der Waals surface area contributed by atoms with Gasteiger partial charge in [0.05, 0.1) is 6.10 Å². The summed E-state index contributed by atoms with van der Waals surface area (Å²) in [5.74, 6) is 2.04. The Hall–Kier alpha value is -1.38. The summed E-state index contributed by atoms with van der Waals surface area (Å²) in [4.78, 5) is 13.5. The Labute approximate surface area is 179 Å². The molecule has 1 aromatic rings. The molecule has 0 spiro atoms. The number of hydrogen-bond acceptors (Lipinski definition) is 2. The highest BCUT2D eigenvalue weighted by molar-refractivity contribution is 6.30. The molecular weight excluding hydrogens is 380 g/mol.